The molecular weight excluding hydrogens is 450 g/mol. The second-order valence-corrected chi connectivity index (χ2v) is 9.83. The molecule has 0 saturated carbocycles. The highest BCUT2D eigenvalue weighted by Gasteiger charge is 2.19. The molecule has 0 bridgehead atoms. The number of aromatic nitrogens is 1. The molecule has 0 saturated heterocycles. The van der Waals surface area contributed by atoms with E-state index in [-0.39, 0.29) is 10.5 Å². The van der Waals surface area contributed by atoms with Crippen LogP contribution >= 0.6 is 0 Å². The van der Waals surface area contributed by atoms with E-state index in [1.165, 1.54) is 12.1 Å². The molecular formula is C26H25N3O4S. The molecule has 7 nitrogen and oxygen atoms in total. The maximum absolute atomic E-state index is 13.1. The molecule has 2 N–H and O–H groups in total. The van der Waals surface area contributed by atoms with Gasteiger partial charge in [0.05, 0.1) is 10.6 Å². The van der Waals surface area contributed by atoms with E-state index in [9.17, 15) is 13.2 Å². The number of aryl methyl sites for hydroxylation is 4. The Balaban J connectivity index is 1.58. The third-order valence-electron chi connectivity index (χ3n) is 5.46. The number of benzene rings is 3. The minimum absolute atomic E-state index is 0.00307. The van der Waals surface area contributed by atoms with Gasteiger partial charge in [-0.1, -0.05) is 29.8 Å². The van der Waals surface area contributed by atoms with E-state index >= 15 is 0 Å². The summed E-state index contributed by atoms with van der Waals surface area (Å²) in [6.07, 6.45) is 0. The van der Waals surface area contributed by atoms with Crippen LogP contribution in [0.15, 0.2) is 76.0 Å². The van der Waals surface area contributed by atoms with Crippen LogP contribution in [0, 0.1) is 27.7 Å². The van der Waals surface area contributed by atoms with Crippen molar-refractivity contribution in [2.24, 2.45) is 0 Å². The van der Waals surface area contributed by atoms with Crippen LogP contribution in [0.5, 0.6) is 0 Å². The molecule has 8 heteroatoms. The number of hydrogen-bond acceptors (Lipinski definition) is 5. The second-order valence-electron chi connectivity index (χ2n) is 8.14. The van der Waals surface area contributed by atoms with Crippen molar-refractivity contribution in [3.63, 3.8) is 0 Å². The van der Waals surface area contributed by atoms with Crippen molar-refractivity contribution in [3.8, 4) is 11.5 Å². The average molecular weight is 476 g/mol. The lowest BCUT2D eigenvalue weighted by atomic mass is 10.1. The van der Waals surface area contributed by atoms with Crippen LogP contribution in [0.2, 0.25) is 0 Å². The molecule has 0 radical (unpaired) electrons. The molecule has 0 spiro atoms. The van der Waals surface area contributed by atoms with Crippen LogP contribution in [0.4, 0.5) is 11.4 Å². The first-order valence-corrected chi connectivity index (χ1v) is 12.2. The van der Waals surface area contributed by atoms with E-state index in [1.807, 2.05) is 39.0 Å². The Labute approximate surface area is 198 Å². The predicted molar refractivity (Wildman–Crippen MR) is 133 cm³/mol. The van der Waals surface area contributed by atoms with Crippen LogP contribution in [0.25, 0.3) is 11.5 Å². The Morgan fingerprint density at radius 1 is 0.882 bits per heavy atom. The quantitative estimate of drug-likeness (QED) is 0.376. The third-order valence-corrected chi connectivity index (χ3v) is 6.84. The van der Waals surface area contributed by atoms with Crippen LogP contribution in [-0.4, -0.2) is 19.3 Å². The fourth-order valence-electron chi connectivity index (χ4n) is 3.37. The summed E-state index contributed by atoms with van der Waals surface area (Å²) in [7, 11) is -3.87. The third kappa shape index (κ3) is 5.02. The van der Waals surface area contributed by atoms with E-state index < -0.39 is 15.9 Å². The van der Waals surface area contributed by atoms with Gasteiger partial charge in [0, 0.05) is 22.5 Å². The Morgan fingerprint density at radius 2 is 1.62 bits per heavy atom. The smallest absolute Gasteiger partial charge is 0.261 e. The van der Waals surface area contributed by atoms with Crippen molar-refractivity contribution < 1.29 is 17.6 Å². The Kier molecular flexibility index (Phi) is 6.26. The first kappa shape index (κ1) is 23.3. The van der Waals surface area contributed by atoms with Gasteiger partial charge < -0.3 is 9.73 Å². The van der Waals surface area contributed by atoms with Crippen molar-refractivity contribution >= 4 is 27.3 Å². The zero-order chi connectivity index (χ0) is 24.5. The summed E-state index contributed by atoms with van der Waals surface area (Å²) >= 11 is 0. The molecule has 1 aromatic heterocycles. The van der Waals surface area contributed by atoms with Gasteiger partial charge in [-0.05, 0) is 75.7 Å². The van der Waals surface area contributed by atoms with Gasteiger partial charge in [-0.2, -0.15) is 0 Å². The fourth-order valence-corrected chi connectivity index (χ4v) is 4.46. The van der Waals surface area contributed by atoms with Crippen molar-refractivity contribution in [2.45, 2.75) is 32.6 Å². The Morgan fingerprint density at radius 3 is 2.29 bits per heavy atom. The molecule has 174 valence electrons. The van der Waals surface area contributed by atoms with E-state index in [2.05, 4.69) is 15.0 Å². The minimum atomic E-state index is -3.87. The molecule has 0 aliphatic heterocycles. The van der Waals surface area contributed by atoms with Crippen LogP contribution < -0.4 is 10.0 Å². The summed E-state index contributed by atoms with van der Waals surface area (Å²) < 4.78 is 34.0. The molecule has 1 amide bonds. The molecule has 4 aromatic rings. The largest absolute Gasteiger partial charge is 0.441 e. The van der Waals surface area contributed by atoms with Gasteiger partial charge in [-0.25, -0.2) is 13.4 Å². The van der Waals surface area contributed by atoms with E-state index in [4.69, 9.17) is 4.42 Å². The van der Waals surface area contributed by atoms with Crippen LogP contribution in [-0.2, 0) is 10.0 Å². The highest BCUT2D eigenvalue weighted by molar-refractivity contribution is 7.92. The molecule has 0 atom stereocenters. The van der Waals surface area contributed by atoms with Crippen molar-refractivity contribution in [1.29, 1.82) is 0 Å². The van der Waals surface area contributed by atoms with Gasteiger partial charge in [0.1, 0.15) is 5.76 Å². The fraction of sp³-hybridized carbons (Fsp3) is 0.154. The second kappa shape index (κ2) is 9.15. The molecule has 0 unspecified atom stereocenters. The van der Waals surface area contributed by atoms with Gasteiger partial charge in [-0.3, -0.25) is 9.52 Å². The first-order valence-electron chi connectivity index (χ1n) is 10.7. The van der Waals surface area contributed by atoms with Crippen LogP contribution in [0.1, 0.15) is 32.9 Å². The number of sulfonamides is 1. The normalized spacial score (nSPS) is 11.3. The van der Waals surface area contributed by atoms with Crippen molar-refractivity contribution in [1.82, 2.24) is 4.98 Å². The maximum Gasteiger partial charge on any atom is 0.261 e. The van der Waals surface area contributed by atoms with Gasteiger partial charge in [0.2, 0.25) is 5.89 Å². The highest BCUT2D eigenvalue weighted by atomic mass is 32.2. The lowest BCUT2D eigenvalue weighted by Gasteiger charge is -2.12. The number of carbonyl (C=O) groups excluding carboxylic acids is 1. The maximum atomic E-state index is 13.1. The zero-order valence-electron chi connectivity index (χ0n) is 19.3. The topological polar surface area (TPSA) is 101 Å². The number of hydrogen-bond donors (Lipinski definition) is 2. The number of nitrogens with one attached hydrogen (secondary N) is 2. The number of nitrogens with zero attached hydrogens (tertiary/aromatic N) is 1. The van der Waals surface area contributed by atoms with Crippen molar-refractivity contribution in [2.75, 3.05) is 10.0 Å². The average Bonchev–Trinajstić information content (AvgIpc) is 3.14. The van der Waals surface area contributed by atoms with Crippen molar-refractivity contribution in [3.05, 3.63) is 94.9 Å². The summed E-state index contributed by atoms with van der Waals surface area (Å²) in [6.45, 7) is 7.39. The van der Waals surface area contributed by atoms with Gasteiger partial charge in [0.25, 0.3) is 15.9 Å². The Hall–Kier alpha value is -3.91. The summed E-state index contributed by atoms with van der Waals surface area (Å²) in [5.41, 5.74) is 4.46. The van der Waals surface area contributed by atoms with E-state index in [1.54, 1.807) is 43.3 Å². The highest BCUT2D eigenvalue weighted by Crippen LogP contribution is 2.25. The van der Waals surface area contributed by atoms with E-state index in [0.29, 0.717) is 22.8 Å². The van der Waals surface area contributed by atoms with E-state index in [0.717, 1.165) is 22.6 Å². The lowest BCUT2D eigenvalue weighted by Crippen LogP contribution is -2.17. The standard InChI is InChI=1S/C26H25N3O4S/c1-16-8-11-21(12-9-16)29-34(31,32)23-13-10-17(2)24(15-23)25(30)28-22-7-5-6-20(14-22)26-27-18(3)19(4)33-26/h5-15,29H,1-4H3,(H,28,30). The Bertz CT molecular complexity index is 1450. The van der Waals surface area contributed by atoms with Gasteiger partial charge in [0.15, 0.2) is 0 Å². The van der Waals surface area contributed by atoms with Gasteiger partial charge >= 0.3 is 0 Å². The number of oxazole rings is 1. The number of amides is 1. The molecule has 4 rings (SSSR count). The summed E-state index contributed by atoms with van der Waals surface area (Å²) in [5.74, 6) is 0.789. The monoisotopic (exact) mass is 475 g/mol. The summed E-state index contributed by atoms with van der Waals surface area (Å²) in [4.78, 5) is 17.5. The minimum Gasteiger partial charge on any atom is -0.441 e. The molecule has 0 fully saturated rings. The van der Waals surface area contributed by atoms with Crippen LogP contribution in [0.3, 0.4) is 0 Å². The zero-order valence-corrected chi connectivity index (χ0v) is 20.2. The SMILES string of the molecule is Cc1ccc(NS(=O)(=O)c2ccc(C)c(C(=O)Nc3cccc(-c4nc(C)c(C)o4)c3)c2)cc1. The summed E-state index contributed by atoms with van der Waals surface area (Å²) in [6, 6.07) is 18.7. The molecule has 0 aliphatic rings. The molecule has 1 heterocycles. The first-order chi connectivity index (χ1) is 16.1. The number of carbonyl (C=O) groups is 1. The molecule has 0 aliphatic carbocycles. The molecule has 3 aromatic carbocycles. The number of rotatable bonds is 6. The number of anilines is 2. The predicted octanol–water partition coefficient (Wildman–Crippen LogP) is 5.63. The van der Waals surface area contributed by atoms with Gasteiger partial charge in [-0.15, -0.1) is 0 Å². The molecule has 34 heavy (non-hydrogen) atoms. The lowest BCUT2D eigenvalue weighted by molar-refractivity contribution is 0.102. The summed E-state index contributed by atoms with van der Waals surface area (Å²) in [5, 5.41) is 2.84.